The van der Waals surface area contributed by atoms with Gasteiger partial charge in [-0.2, -0.15) is 0 Å². The second-order valence-electron chi connectivity index (χ2n) is 5.23. The minimum absolute atomic E-state index is 0.0574. The Bertz CT molecular complexity index is 814. The Morgan fingerprint density at radius 3 is 2.62 bits per heavy atom. The van der Waals surface area contributed by atoms with Crippen LogP contribution in [-0.4, -0.2) is 32.1 Å². The topological polar surface area (TPSA) is 64.6 Å². The number of para-hydroxylation sites is 1. The Hall–Kier alpha value is -2.31. The van der Waals surface area contributed by atoms with Gasteiger partial charge < -0.3 is 14.8 Å². The van der Waals surface area contributed by atoms with E-state index in [2.05, 4.69) is 5.32 Å². The van der Waals surface area contributed by atoms with Crippen LogP contribution in [0.3, 0.4) is 0 Å². The van der Waals surface area contributed by atoms with Crippen molar-refractivity contribution >= 4 is 35.1 Å². The summed E-state index contributed by atoms with van der Waals surface area (Å²) in [5.41, 5.74) is 0.742. The van der Waals surface area contributed by atoms with Crippen molar-refractivity contribution in [1.29, 1.82) is 0 Å². The molecule has 0 aromatic heterocycles. The standard InChI is InChI=1S/C18H16Cl2FNO4/c1-25-16-5-3-2-4-11(16)6-7-22-17(23)10-26-18(24)12-8-15(21)14(20)9-13(12)19/h2-5,8-9H,6-7,10H2,1H3,(H,22,23). The van der Waals surface area contributed by atoms with Crippen LogP contribution in [-0.2, 0) is 16.0 Å². The monoisotopic (exact) mass is 399 g/mol. The molecule has 1 amide bonds. The molecule has 0 saturated heterocycles. The van der Waals surface area contributed by atoms with E-state index in [9.17, 15) is 14.0 Å². The SMILES string of the molecule is COc1ccccc1CCNC(=O)COC(=O)c1cc(F)c(Cl)cc1Cl. The molecule has 138 valence electrons. The Balaban J connectivity index is 1.81. The van der Waals surface area contributed by atoms with Crippen molar-refractivity contribution in [2.75, 3.05) is 20.3 Å². The van der Waals surface area contributed by atoms with Crippen molar-refractivity contribution in [2.45, 2.75) is 6.42 Å². The molecule has 0 saturated carbocycles. The average molecular weight is 400 g/mol. The maximum absolute atomic E-state index is 13.4. The third-order valence-corrected chi connectivity index (χ3v) is 4.08. The van der Waals surface area contributed by atoms with Gasteiger partial charge in [-0.05, 0) is 30.2 Å². The maximum Gasteiger partial charge on any atom is 0.340 e. The highest BCUT2D eigenvalue weighted by Gasteiger charge is 2.16. The summed E-state index contributed by atoms with van der Waals surface area (Å²) in [6.07, 6.45) is 0.553. The summed E-state index contributed by atoms with van der Waals surface area (Å²) in [6, 6.07) is 9.41. The number of nitrogens with one attached hydrogen (secondary N) is 1. The fraction of sp³-hybridized carbons (Fsp3) is 0.222. The Kier molecular flexibility index (Phi) is 7.24. The average Bonchev–Trinajstić information content (AvgIpc) is 2.63. The van der Waals surface area contributed by atoms with Crippen LogP contribution in [0.2, 0.25) is 10.0 Å². The number of hydrogen-bond donors (Lipinski definition) is 1. The summed E-state index contributed by atoms with van der Waals surface area (Å²) < 4.78 is 23.5. The van der Waals surface area contributed by atoms with Crippen LogP contribution in [0.1, 0.15) is 15.9 Å². The predicted octanol–water partition coefficient (Wildman–Crippen LogP) is 3.66. The van der Waals surface area contributed by atoms with E-state index in [1.165, 1.54) is 0 Å². The lowest BCUT2D eigenvalue weighted by Crippen LogP contribution is -2.30. The zero-order valence-electron chi connectivity index (χ0n) is 13.9. The number of benzene rings is 2. The van der Waals surface area contributed by atoms with Gasteiger partial charge in [0.25, 0.3) is 5.91 Å². The van der Waals surface area contributed by atoms with Crippen LogP contribution in [0.25, 0.3) is 0 Å². The smallest absolute Gasteiger partial charge is 0.340 e. The molecule has 0 heterocycles. The van der Waals surface area contributed by atoms with Gasteiger partial charge in [0.2, 0.25) is 0 Å². The summed E-state index contributed by atoms with van der Waals surface area (Å²) in [5.74, 6) is -1.47. The molecule has 0 atom stereocenters. The third kappa shape index (κ3) is 5.34. The third-order valence-electron chi connectivity index (χ3n) is 3.47. The molecule has 0 aliphatic rings. The highest BCUT2D eigenvalue weighted by Crippen LogP contribution is 2.24. The molecule has 26 heavy (non-hydrogen) atoms. The molecule has 5 nitrogen and oxygen atoms in total. The Morgan fingerprint density at radius 2 is 1.88 bits per heavy atom. The molecule has 2 aromatic rings. The molecular formula is C18H16Cl2FNO4. The highest BCUT2D eigenvalue weighted by atomic mass is 35.5. The number of ether oxygens (including phenoxy) is 2. The van der Waals surface area contributed by atoms with Crippen LogP contribution in [0.15, 0.2) is 36.4 Å². The first kappa shape index (κ1) is 20.0. The van der Waals surface area contributed by atoms with Gasteiger partial charge in [0.1, 0.15) is 11.6 Å². The predicted molar refractivity (Wildman–Crippen MR) is 96.4 cm³/mol. The molecule has 0 fully saturated rings. The van der Waals surface area contributed by atoms with Crippen LogP contribution in [0, 0.1) is 5.82 Å². The van der Waals surface area contributed by atoms with Crippen molar-refractivity contribution in [1.82, 2.24) is 5.32 Å². The quantitative estimate of drug-likeness (QED) is 0.569. The van der Waals surface area contributed by atoms with E-state index in [1.54, 1.807) is 7.11 Å². The number of halogens is 3. The maximum atomic E-state index is 13.4. The number of esters is 1. The molecule has 1 N–H and O–H groups in total. The van der Waals surface area contributed by atoms with Crippen molar-refractivity contribution in [3.05, 3.63) is 63.4 Å². The van der Waals surface area contributed by atoms with Gasteiger partial charge in [-0.1, -0.05) is 41.4 Å². The van der Waals surface area contributed by atoms with Gasteiger partial charge >= 0.3 is 5.97 Å². The number of amides is 1. The van der Waals surface area contributed by atoms with E-state index >= 15 is 0 Å². The second-order valence-corrected chi connectivity index (χ2v) is 6.05. The van der Waals surface area contributed by atoms with E-state index in [0.29, 0.717) is 13.0 Å². The van der Waals surface area contributed by atoms with Gasteiger partial charge in [-0.3, -0.25) is 4.79 Å². The number of carbonyl (C=O) groups is 2. The zero-order valence-corrected chi connectivity index (χ0v) is 15.4. The molecule has 0 radical (unpaired) electrons. The summed E-state index contributed by atoms with van der Waals surface area (Å²) in [5, 5.41) is 2.36. The van der Waals surface area contributed by atoms with Crippen molar-refractivity contribution < 1.29 is 23.5 Å². The number of rotatable bonds is 7. The summed E-state index contributed by atoms with van der Waals surface area (Å²) >= 11 is 11.4. The van der Waals surface area contributed by atoms with Gasteiger partial charge in [-0.15, -0.1) is 0 Å². The van der Waals surface area contributed by atoms with Crippen LogP contribution in [0.4, 0.5) is 4.39 Å². The number of carbonyl (C=O) groups excluding carboxylic acids is 2. The van der Waals surface area contributed by atoms with E-state index in [1.807, 2.05) is 24.3 Å². The molecule has 0 spiro atoms. The van der Waals surface area contributed by atoms with Gasteiger partial charge in [-0.25, -0.2) is 9.18 Å². The van der Waals surface area contributed by atoms with Crippen molar-refractivity contribution in [3.63, 3.8) is 0 Å². The van der Waals surface area contributed by atoms with Crippen molar-refractivity contribution in [2.24, 2.45) is 0 Å². The Labute approximate surface area is 160 Å². The second kappa shape index (κ2) is 9.40. The molecule has 0 bridgehead atoms. The van der Waals surface area contributed by atoms with Crippen molar-refractivity contribution in [3.8, 4) is 5.75 Å². The Morgan fingerprint density at radius 1 is 1.15 bits per heavy atom. The fourth-order valence-corrected chi connectivity index (χ4v) is 2.65. The first-order valence-electron chi connectivity index (χ1n) is 7.62. The van der Waals surface area contributed by atoms with E-state index in [-0.39, 0.29) is 15.6 Å². The number of hydrogen-bond acceptors (Lipinski definition) is 4. The first-order chi connectivity index (χ1) is 12.4. The normalized spacial score (nSPS) is 10.3. The van der Waals surface area contributed by atoms with Crippen LogP contribution < -0.4 is 10.1 Å². The fourth-order valence-electron chi connectivity index (χ4n) is 2.18. The molecule has 0 aliphatic heterocycles. The van der Waals surface area contributed by atoms with Gasteiger partial charge in [0, 0.05) is 6.54 Å². The van der Waals surface area contributed by atoms with Crippen LogP contribution >= 0.6 is 23.2 Å². The molecule has 0 unspecified atom stereocenters. The lowest BCUT2D eigenvalue weighted by molar-refractivity contribution is -0.124. The van der Waals surface area contributed by atoms with Gasteiger partial charge in [0.15, 0.2) is 6.61 Å². The summed E-state index contributed by atoms with van der Waals surface area (Å²) in [4.78, 5) is 23.7. The highest BCUT2D eigenvalue weighted by molar-refractivity contribution is 6.36. The summed E-state index contributed by atoms with van der Waals surface area (Å²) in [6.45, 7) is -0.168. The first-order valence-corrected chi connectivity index (χ1v) is 8.38. The zero-order chi connectivity index (χ0) is 19.1. The summed E-state index contributed by atoms with van der Waals surface area (Å²) in [7, 11) is 1.57. The molecular weight excluding hydrogens is 384 g/mol. The van der Waals surface area contributed by atoms with E-state index in [0.717, 1.165) is 23.4 Å². The lowest BCUT2D eigenvalue weighted by Gasteiger charge is -2.10. The van der Waals surface area contributed by atoms with Gasteiger partial charge in [0.05, 0.1) is 22.7 Å². The molecule has 2 rings (SSSR count). The lowest BCUT2D eigenvalue weighted by atomic mass is 10.1. The number of methoxy groups -OCH3 is 1. The molecule has 0 aliphatic carbocycles. The molecule has 8 heteroatoms. The van der Waals surface area contributed by atoms with E-state index in [4.69, 9.17) is 32.7 Å². The van der Waals surface area contributed by atoms with E-state index < -0.39 is 24.3 Å². The van der Waals surface area contributed by atoms with Crippen LogP contribution in [0.5, 0.6) is 5.75 Å². The minimum Gasteiger partial charge on any atom is -0.496 e. The largest absolute Gasteiger partial charge is 0.496 e. The molecule has 2 aromatic carbocycles. The minimum atomic E-state index is -0.912.